The minimum atomic E-state index is -4.69. The first-order chi connectivity index (χ1) is 14.3. The predicted octanol–water partition coefficient (Wildman–Crippen LogP) is 4.05. The Balaban J connectivity index is 2.15. The lowest BCUT2D eigenvalue weighted by Crippen LogP contribution is -2.15. The number of aryl methyl sites for hydroxylation is 2. The third-order valence-corrected chi connectivity index (χ3v) is 6.75. The Morgan fingerprint density at radius 2 is 1.61 bits per heavy atom. The number of hydrazine groups is 1. The molecule has 3 aromatic carbocycles. The Kier molecular flexibility index (Phi) is 6.09. The van der Waals surface area contributed by atoms with Crippen LogP contribution in [0.1, 0.15) is 11.1 Å². The topological polar surface area (TPSA) is 142 Å². The van der Waals surface area contributed by atoms with E-state index < -0.39 is 30.0 Å². The summed E-state index contributed by atoms with van der Waals surface area (Å²) in [6, 6.07) is 8.15. The van der Waals surface area contributed by atoms with E-state index in [2.05, 4.69) is 10.9 Å². The number of hydrogen-bond donors (Lipinski definition) is 4. The van der Waals surface area contributed by atoms with Crippen LogP contribution in [-0.2, 0) is 20.2 Å². The number of anilines is 2. The number of halogens is 1. The molecule has 31 heavy (non-hydrogen) atoms. The summed E-state index contributed by atoms with van der Waals surface area (Å²) in [7, 11) is -7.72. The van der Waals surface area contributed by atoms with Gasteiger partial charge in [0.15, 0.2) is 0 Å². The van der Waals surface area contributed by atoms with Gasteiger partial charge in [0.25, 0.3) is 20.2 Å². The molecule has 4 N–H and O–H groups in total. The third kappa shape index (κ3) is 4.70. The maximum atomic E-state index is 12.0. The van der Waals surface area contributed by atoms with Crippen molar-refractivity contribution in [2.24, 2.45) is 0 Å². The van der Waals surface area contributed by atoms with Crippen LogP contribution in [-0.4, -0.2) is 33.1 Å². The van der Waals surface area contributed by atoms with E-state index in [0.29, 0.717) is 27.4 Å². The lowest BCUT2D eigenvalue weighted by molar-refractivity contribution is 0.415. The highest BCUT2D eigenvalue weighted by molar-refractivity contribution is 7.86. The average molecular weight is 487 g/mol. The average Bonchev–Trinajstić information content (AvgIpc) is 2.66. The summed E-state index contributed by atoms with van der Waals surface area (Å²) < 4.78 is 71.1. The molecule has 0 bridgehead atoms. The molecule has 0 unspecified atom stereocenters. The molecule has 0 saturated carbocycles. The molecule has 0 spiro atoms. The van der Waals surface area contributed by atoms with Crippen LogP contribution < -0.4 is 15.6 Å². The minimum absolute atomic E-state index is 0.0583. The number of fused-ring (bicyclic) bond motifs is 1. The van der Waals surface area contributed by atoms with E-state index >= 15 is 0 Å². The van der Waals surface area contributed by atoms with Gasteiger partial charge in [-0.1, -0.05) is 17.7 Å². The van der Waals surface area contributed by atoms with Crippen LogP contribution in [0, 0.1) is 13.8 Å². The van der Waals surface area contributed by atoms with Crippen LogP contribution in [0.15, 0.2) is 46.2 Å². The Morgan fingerprint density at radius 3 is 2.19 bits per heavy atom. The van der Waals surface area contributed by atoms with E-state index in [1.54, 1.807) is 26.0 Å². The van der Waals surface area contributed by atoms with E-state index in [4.69, 9.17) is 16.3 Å². The zero-order valence-corrected chi connectivity index (χ0v) is 19.0. The van der Waals surface area contributed by atoms with Crippen LogP contribution in [0.2, 0.25) is 5.02 Å². The predicted molar refractivity (Wildman–Crippen MR) is 118 cm³/mol. The maximum absolute atomic E-state index is 12.0. The smallest absolute Gasteiger partial charge is 0.296 e. The molecule has 0 aliphatic heterocycles. The Hall–Kier alpha value is -2.57. The summed E-state index contributed by atoms with van der Waals surface area (Å²) in [5.74, 6) is 0.402. The molecule has 12 heteroatoms. The lowest BCUT2D eigenvalue weighted by atomic mass is 10.0. The van der Waals surface area contributed by atoms with Crippen molar-refractivity contribution < 1.29 is 30.7 Å². The van der Waals surface area contributed by atoms with Crippen LogP contribution in [0.5, 0.6) is 5.75 Å². The summed E-state index contributed by atoms with van der Waals surface area (Å²) >= 11 is 6.09. The highest BCUT2D eigenvalue weighted by atomic mass is 35.5. The summed E-state index contributed by atoms with van der Waals surface area (Å²) in [5, 5.41) is 1.12. The van der Waals surface area contributed by atoms with Gasteiger partial charge in [-0.2, -0.15) is 16.8 Å². The van der Waals surface area contributed by atoms with Crippen LogP contribution >= 0.6 is 11.6 Å². The number of hydrogen-bond acceptors (Lipinski definition) is 7. The van der Waals surface area contributed by atoms with Gasteiger partial charge in [-0.25, -0.2) is 0 Å². The number of rotatable bonds is 6. The molecule has 9 nitrogen and oxygen atoms in total. The monoisotopic (exact) mass is 486 g/mol. The summed E-state index contributed by atoms with van der Waals surface area (Å²) in [4.78, 5) is -0.875. The molecule has 0 amide bonds. The highest BCUT2D eigenvalue weighted by Gasteiger charge is 2.21. The quantitative estimate of drug-likeness (QED) is 0.299. The number of ether oxygens (including phenoxy) is 1. The zero-order valence-electron chi connectivity index (χ0n) is 16.6. The second-order valence-corrected chi connectivity index (χ2v) is 9.98. The molecule has 0 aromatic heterocycles. The number of benzene rings is 3. The first kappa shape index (κ1) is 23.1. The Labute approximate surface area is 184 Å². The number of nitrogens with one attached hydrogen (secondary N) is 2. The van der Waals surface area contributed by atoms with E-state index in [-0.39, 0.29) is 11.1 Å². The summed E-state index contributed by atoms with van der Waals surface area (Å²) in [6.07, 6.45) is 0. The van der Waals surface area contributed by atoms with E-state index in [1.165, 1.54) is 19.2 Å². The zero-order chi connectivity index (χ0) is 23.1. The SMILES string of the molecule is COc1cc(NNc2c(S(=O)(=O)O)cc3cc(S(=O)(=O)O)ccc3c2C)c(C)cc1Cl. The molecule has 0 aliphatic rings. The molecule has 0 aliphatic carbocycles. The van der Waals surface area contributed by atoms with E-state index in [0.717, 1.165) is 17.7 Å². The molecule has 3 aromatic rings. The first-order valence-corrected chi connectivity index (χ1v) is 12.0. The van der Waals surface area contributed by atoms with Gasteiger partial charge in [-0.3, -0.25) is 14.5 Å². The summed E-state index contributed by atoms with van der Waals surface area (Å²) in [5.41, 5.74) is 7.44. The molecule has 3 rings (SSSR count). The number of methoxy groups -OCH3 is 1. The van der Waals surface area contributed by atoms with E-state index in [9.17, 15) is 25.9 Å². The van der Waals surface area contributed by atoms with Crippen LogP contribution in [0.25, 0.3) is 10.8 Å². The van der Waals surface area contributed by atoms with Gasteiger partial charge in [0.1, 0.15) is 10.6 Å². The molecule has 0 fully saturated rings. The van der Waals surface area contributed by atoms with Crippen molar-refractivity contribution in [2.75, 3.05) is 18.0 Å². The summed E-state index contributed by atoms with van der Waals surface area (Å²) in [6.45, 7) is 3.38. The first-order valence-electron chi connectivity index (χ1n) is 8.71. The minimum Gasteiger partial charge on any atom is -0.495 e. The molecule has 166 valence electrons. The highest BCUT2D eigenvalue weighted by Crippen LogP contribution is 2.35. The van der Waals surface area contributed by atoms with Gasteiger partial charge in [-0.15, -0.1) is 0 Å². The fourth-order valence-electron chi connectivity index (χ4n) is 3.13. The van der Waals surface area contributed by atoms with Crippen molar-refractivity contribution in [1.29, 1.82) is 0 Å². The van der Waals surface area contributed by atoms with E-state index in [1.807, 2.05) is 0 Å². The molecular formula is C19H19ClN2O7S2. The third-order valence-electron chi connectivity index (χ3n) is 4.73. The normalized spacial score (nSPS) is 12.1. The fourth-order valence-corrected chi connectivity index (χ4v) is 4.68. The van der Waals surface area contributed by atoms with Crippen molar-refractivity contribution in [1.82, 2.24) is 0 Å². The Morgan fingerprint density at radius 1 is 0.935 bits per heavy atom. The largest absolute Gasteiger partial charge is 0.495 e. The van der Waals surface area contributed by atoms with Gasteiger partial charge < -0.3 is 10.2 Å². The maximum Gasteiger partial charge on any atom is 0.296 e. The molecule has 0 atom stereocenters. The molecule has 0 saturated heterocycles. The van der Waals surface area contributed by atoms with Gasteiger partial charge in [0.05, 0.1) is 28.4 Å². The van der Waals surface area contributed by atoms with Crippen LogP contribution in [0.4, 0.5) is 11.4 Å². The lowest BCUT2D eigenvalue weighted by Gasteiger charge is -2.19. The van der Waals surface area contributed by atoms with Crippen molar-refractivity contribution in [2.45, 2.75) is 23.6 Å². The van der Waals surface area contributed by atoms with Crippen LogP contribution in [0.3, 0.4) is 0 Å². The second-order valence-electron chi connectivity index (χ2n) is 6.76. The molecule has 0 heterocycles. The van der Waals surface area contributed by atoms with Gasteiger partial charge in [0.2, 0.25) is 0 Å². The molecule has 0 radical (unpaired) electrons. The van der Waals surface area contributed by atoms with Crippen molar-refractivity contribution in [3.8, 4) is 5.75 Å². The van der Waals surface area contributed by atoms with Crippen molar-refractivity contribution in [3.05, 3.63) is 52.5 Å². The van der Waals surface area contributed by atoms with Gasteiger partial charge >= 0.3 is 0 Å². The Bertz CT molecular complexity index is 1400. The standard InChI is InChI=1S/C19H19ClN2O7S2/c1-10-6-15(20)17(29-3)9-16(10)21-22-19-11(2)14-5-4-13(30(23,24)25)7-12(14)8-18(19)31(26,27)28/h4-9,21-22H,1-3H3,(H,23,24,25)(H,26,27,28). The fraction of sp³-hybridized carbons (Fsp3) is 0.158. The van der Waals surface area contributed by atoms with Gasteiger partial charge in [0, 0.05) is 6.07 Å². The van der Waals surface area contributed by atoms with Crippen molar-refractivity contribution in [3.63, 3.8) is 0 Å². The molecular weight excluding hydrogens is 468 g/mol. The van der Waals surface area contributed by atoms with Gasteiger partial charge in [-0.05, 0) is 60.0 Å². The van der Waals surface area contributed by atoms with Crippen molar-refractivity contribution >= 4 is 54.0 Å². The second kappa shape index (κ2) is 8.17.